The van der Waals surface area contributed by atoms with Crippen molar-refractivity contribution in [1.29, 1.82) is 0 Å². The first-order valence-corrected chi connectivity index (χ1v) is 10.4. The number of carbonyl (C=O) groups is 1. The minimum atomic E-state index is -0.292. The molecule has 6 nitrogen and oxygen atoms in total. The number of ether oxygens (including phenoxy) is 2. The van der Waals surface area contributed by atoms with Gasteiger partial charge in [-0.3, -0.25) is 14.7 Å². The Kier molecular flexibility index (Phi) is 6.19. The maximum absolute atomic E-state index is 13.0. The molecule has 1 aromatic heterocycles. The van der Waals surface area contributed by atoms with Gasteiger partial charge in [0.15, 0.2) is 0 Å². The van der Waals surface area contributed by atoms with E-state index in [1.165, 1.54) is 17.0 Å². The number of morpholine rings is 1. The fourth-order valence-electron chi connectivity index (χ4n) is 3.75. The topological polar surface area (TPSA) is 54.9 Å². The molecule has 2 aromatic rings. The van der Waals surface area contributed by atoms with E-state index in [2.05, 4.69) is 9.88 Å². The Balaban J connectivity index is 1.26. The van der Waals surface area contributed by atoms with E-state index >= 15 is 0 Å². The summed E-state index contributed by atoms with van der Waals surface area (Å²) < 4.78 is 24.3. The van der Waals surface area contributed by atoms with Crippen molar-refractivity contribution in [3.8, 4) is 5.75 Å². The zero-order valence-corrected chi connectivity index (χ0v) is 16.4. The van der Waals surface area contributed by atoms with Crippen LogP contribution in [0.2, 0.25) is 0 Å². The molecule has 1 aromatic carbocycles. The summed E-state index contributed by atoms with van der Waals surface area (Å²) in [7, 11) is 0. The average Bonchev–Trinajstić information content (AvgIpc) is 3.22. The highest BCUT2D eigenvalue weighted by Crippen LogP contribution is 2.22. The first-order chi connectivity index (χ1) is 13.7. The van der Waals surface area contributed by atoms with Crippen LogP contribution in [0.15, 0.2) is 36.0 Å². The summed E-state index contributed by atoms with van der Waals surface area (Å²) in [6.45, 7) is 3.87. The SMILES string of the molecule is O=C1COC(COc2ccc(F)cc2)CN1C1CCN(Cc2cncs2)CC1. The Labute approximate surface area is 167 Å². The summed E-state index contributed by atoms with van der Waals surface area (Å²) in [5.74, 6) is 0.364. The zero-order chi connectivity index (χ0) is 19.3. The van der Waals surface area contributed by atoms with Crippen LogP contribution in [0.1, 0.15) is 17.7 Å². The number of nitrogens with zero attached hydrogens (tertiary/aromatic N) is 3. The first kappa shape index (κ1) is 19.3. The molecule has 0 N–H and O–H groups in total. The molecule has 0 radical (unpaired) electrons. The van der Waals surface area contributed by atoms with Crippen molar-refractivity contribution in [3.63, 3.8) is 0 Å². The van der Waals surface area contributed by atoms with Gasteiger partial charge in [0.25, 0.3) is 0 Å². The lowest BCUT2D eigenvalue weighted by atomic mass is 10.0. The van der Waals surface area contributed by atoms with E-state index < -0.39 is 0 Å². The second-order valence-electron chi connectivity index (χ2n) is 7.22. The van der Waals surface area contributed by atoms with Crippen LogP contribution in [0, 0.1) is 5.82 Å². The van der Waals surface area contributed by atoms with Crippen molar-refractivity contribution in [3.05, 3.63) is 46.7 Å². The minimum Gasteiger partial charge on any atom is -0.491 e. The summed E-state index contributed by atoms with van der Waals surface area (Å²) in [4.78, 5) is 22.2. The average molecular weight is 405 g/mol. The lowest BCUT2D eigenvalue weighted by molar-refractivity contribution is -0.155. The second-order valence-corrected chi connectivity index (χ2v) is 8.19. The van der Waals surface area contributed by atoms with Gasteiger partial charge in [-0.1, -0.05) is 0 Å². The Morgan fingerprint density at radius 2 is 2.04 bits per heavy atom. The molecule has 0 bridgehead atoms. The number of halogens is 1. The van der Waals surface area contributed by atoms with Crippen molar-refractivity contribution < 1.29 is 18.7 Å². The molecule has 2 aliphatic rings. The third-order valence-corrected chi connectivity index (χ3v) is 6.04. The number of piperidine rings is 1. The molecule has 8 heteroatoms. The van der Waals surface area contributed by atoms with Gasteiger partial charge in [-0.05, 0) is 37.1 Å². The van der Waals surface area contributed by atoms with Crippen molar-refractivity contribution in [1.82, 2.24) is 14.8 Å². The van der Waals surface area contributed by atoms with Gasteiger partial charge in [0.05, 0.1) is 12.1 Å². The third-order valence-electron chi connectivity index (χ3n) is 5.27. The highest BCUT2D eigenvalue weighted by Gasteiger charge is 2.33. The number of carbonyl (C=O) groups excluding carboxylic acids is 1. The molecule has 0 aliphatic carbocycles. The predicted octanol–water partition coefficient (Wildman–Crippen LogP) is 2.55. The molecule has 4 rings (SSSR count). The van der Waals surface area contributed by atoms with Crippen LogP contribution in [0.5, 0.6) is 5.75 Å². The van der Waals surface area contributed by atoms with Gasteiger partial charge in [0, 0.05) is 36.8 Å². The number of benzene rings is 1. The number of rotatable bonds is 6. The largest absolute Gasteiger partial charge is 0.491 e. The van der Waals surface area contributed by atoms with Crippen molar-refractivity contribution in [2.24, 2.45) is 0 Å². The van der Waals surface area contributed by atoms with E-state index in [-0.39, 0.29) is 30.5 Å². The number of hydrogen-bond donors (Lipinski definition) is 0. The molecule has 3 heterocycles. The predicted molar refractivity (Wildman–Crippen MR) is 104 cm³/mol. The maximum Gasteiger partial charge on any atom is 0.248 e. The molecule has 0 saturated carbocycles. The Morgan fingerprint density at radius 3 is 2.75 bits per heavy atom. The van der Waals surface area contributed by atoms with Gasteiger partial charge in [-0.15, -0.1) is 11.3 Å². The number of amides is 1. The molecular formula is C20H24FN3O3S. The van der Waals surface area contributed by atoms with Gasteiger partial charge >= 0.3 is 0 Å². The lowest BCUT2D eigenvalue weighted by Gasteiger charge is -2.42. The van der Waals surface area contributed by atoms with Crippen molar-refractivity contribution >= 4 is 17.2 Å². The van der Waals surface area contributed by atoms with E-state index in [4.69, 9.17) is 9.47 Å². The lowest BCUT2D eigenvalue weighted by Crippen LogP contribution is -2.55. The van der Waals surface area contributed by atoms with Gasteiger partial charge < -0.3 is 14.4 Å². The smallest absolute Gasteiger partial charge is 0.248 e. The monoisotopic (exact) mass is 405 g/mol. The molecule has 28 heavy (non-hydrogen) atoms. The molecule has 0 spiro atoms. The number of likely N-dealkylation sites (tertiary alicyclic amines) is 1. The van der Waals surface area contributed by atoms with Crippen LogP contribution in [-0.2, 0) is 16.1 Å². The van der Waals surface area contributed by atoms with Crippen LogP contribution >= 0.6 is 11.3 Å². The van der Waals surface area contributed by atoms with Gasteiger partial charge in [0.2, 0.25) is 5.91 Å². The molecule has 1 amide bonds. The van der Waals surface area contributed by atoms with E-state index in [9.17, 15) is 9.18 Å². The quantitative estimate of drug-likeness (QED) is 0.739. The normalized spacial score (nSPS) is 21.8. The highest BCUT2D eigenvalue weighted by molar-refractivity contribution is 7.09. The molecule has 2 fully saturated rings. The maximum atomic E-state index is 13.0. The molecule has 2 aliphatic heterocycles. The standard InChI is InChI=1S/C20H24FN3O3S/c21-15-1-3-17(4-2-15)26-12-18-10-24(20(25)13-27-18)16-5-7-23(8-6-16)11-19-9-22-14-28-19/h1-4,9,14,16,18H,5-8,10-13H2. The number of hydrogen-bond acceptors (Lipinski definition) is 6. The fourth-order valence-corrected chi connectivity index (χ4v) is 4.39. The molecule has 150 valence electrons. The number of thiazole rings is 1. The summed E-state index contributed by atoms with van der Waals surface area (Å²) in [5, 5.41) is 0. The Morgan fingerprint density at radius 1 is 1.25 bits per heavy atom. The van der Waals surface area contributed by atoms with Crippen molar-refractivity contribution in [2.75, 3.05) is 32.8 Å². The third kappa shape index (κ3) is 4.87. The summed E-state index contributed by atoms with van der Waals surface area (Å²) in [6.07, 6.45) is 3.69. The van der Waals surface area contributed by atoms with E-state index in [1.54, 1.807) is 23.5 Å². The van der Waals surface area contributed by atoms with E-state index in [0.717, 1.165) is 32.5 Å². The summed E-state index contributed by atoms with van der Waals surface area (Å²) in [6, 6.07) is 6.18. The van der Waals surface area contributed by atoms with Gasteiger partial charge in [0.1, 0.15) is 30.9 Å². The van der Waals surface area contributed by atoms with Crippen LogP contribution in [0.3, 0.4) is 0 Å². The molecule has 2 saturated heterocycles. The first-order valence-electron chi connectivity index (χ1n) is 9.56. The molecule has 1 atom stereocenters. The highest BCUT2D eigenvalue weighted by atomic mass is 32.1. The summed E-state index contributed by atoms with van der Waals surface area (Å²) in [5.41, 5.74) is 1.86. The number of aromatic nitrogens is 1. The van der Waals surface area contributed by atoms with Gasteiger partial charge in [-0.25, -0.2) is 4.39 Å². The van der Waals surface area contributed by atoms with Crippen LogP contribution in [-0.4, -0.2) is 65.7 Å². The summed E-state index contributed by atoms with van der Waals surface area (Å²) >= 11 is 1.68. The Hall–Kier alpha value is -2.03. The van der Waals surface area contributed by atoms with Gasteiger partial charge in [-0.2, -0.15) is 0 Å². The minimum absolute atomic E-state index is 0.0546. The van der Waals surface area contributed by atoms with E-state index in [1.807, 2.05) is 16.6 Å². The van der Waals surface area contributed by atoms with Crippen LogP contribution in [0.4, 0.5) is 4.39 Å². The van der Waals surface area contributed by atoms with Crippen molar-refractivity contribution in [2.45, 2.75) is 31.5 Å². The second kappa shape index (κ2) is 8.98. The van der Waals surface area contributed by atoms with E-state index in [0.29, 0.717) is 18.9 Å². The zero-order valence-electron chi connectivity index (χ0n) is 15.6. The fraction of sp³-hybridized carbons (Fsp3) is 0.500. The Bertz CT molecular complexity index is 764. The van der Waals surface area contributed by atoms with Crippen LogP contribution < -0.4 is 4.74 Å². The molecular weight excluding hydrogens is 381 g/mol. The molecule has 1 unspecified atom stereocenters. The van der Waals surface area contributed by atoms with Crippen LogP contribution in [0.25, 0.3) is 0 Å².